The molecule has 1 aliphatic rings. The van der Waals surface area contributed by atoms with Crippen molar-refractivity contribution in [2.24, 2.45) is 0 Å². The van der Waals surface area contributed by atoms with Crippen LogP contribution in [0.4, 0.5) is 0 Å². The molecule has 1 aliphatic heterocycles. The average Bonchev–Trinajstić information content (AvgIpc) is 3.23. The summed E-state index contributed by atoms with van der Waals surface area (Å²) in [7, 11) is 0. The molecule has 1 fully saturated rings. The summed E-state index contributed by atoms with van der Waals surface area (Å²) in [4.78, 5) is 6.59. The molecule has 1 atom stereocenters. The van der Waals surface area contributed by atoms with Crippen molar-refractivity contribution in [3.05, 3.63) is 77.9 Å². The molecule has 0 amide bonds. The number of aliphatic hydroxyl groups is 1. The van der Waals surface area contributed by atoms with E-state index in [-0.39, 0.29) is 13.2 Å². The van der Waals surface area contributed by atoms with Crippen molar-refractivity contribution in [3.63, 3.8) is 0 Å². The fraction of sp³-hybridized carbons (Fsp3) is 0.464. The molecule has 7 nitrogen and oxygen atoms in total. The molecule has 2 heterocycles. The lowest BCUT2D eigenvalue weighted by Crippen LogP contribution is -2.48. The summed E-state index contributed by atoms with van der Waals surface area (Å²) in [5.74, 6) is 2.74. The fourth-order valence-corrected chi connectivity index (χ4v) is 4.42. The lowest BCUT2D eigenvalue weighted by molar-refractivity contribution is -0.0646. The predicted molar refractivity (Wildman–Crippen MR) is 136 cm³/mol. The molecule has 0 bridgehead atoms. The van der Waals surface area contributed by atoms with Gasteiger partial charge in [-0.2, -0.15) is 0 Å². The Bertz CT molecular complexity index is 1070. The van der Waals surface area contributed by atoms with Crippen molar-refractivity contribution >= 4 is 0 Å². The summed E-state index contributed by atoms with van der Waals surface area (Å²) in [5, 5.41) is 11.2. The van der Waals surface area contributed by atoms with Crippen molar-refractivity contribution in [2.45, 2.75) is 45.4 Å². The van der Waals surface area contributed by atoms with E-state index in [1.165, 1.54) is 0 Å². The van der Waals surface area contributed by atoms with E-state index in [1.807, 2.05) is 55.7 Å². The number of ether oxygens (including phenoxy) is 3. The molecule has 0 aliphatic carbocycles. The van der Waals surface area contributed by atoms with Crippen LogP contribution in [0, 0.1) is 6.92 Å². The van der Waals surface area contributed by atoms with E-state index < -0.39 is 5.60 Å². The Balaban J connectivity index is 1.28. The summed E-state index contributed by atoms with van der Waals surface area (Å²) in [5.41, 5.74) is 1.20. The Morgan fingerprint density at radius 3 is 2.77 bits per heavy atom. The van der Waals surface area contributed by atoms with Crippen LogP contribution < -0.4 is 9.47 Å². The summed E-state index contributed by atoms with van der Waals surface area (Å²) < 4.78 is 19.8. The van der Waals surface area contributed by atoms with E-state index >= 15 is 0 Å². The molecular formula is C28H37N3O4. The Kier molecular flexibility index (Phi) is 8.79. The number of hydrogen-bond acceptors (Lipinski definition) is 6. The van der Waals surface area contributed by atoms with Gasteiger partial charge in [-0.25, -0.2) is 4.98 Å². The molecule has 35 heavy (non-hydrogen) atoms. The highest BCUT2D eigenvalue weighted by molar-refractivity contribution is 5.29. The minimum Gasteiger partial charge on any atom is -0.494 e. The average molecular weight is 480 g/mol. The van der Waals surface area contributed by atoms with Gasteiger partial charge in [-0.1, -0.05) is 31.2 Å². The van der Waals surface area contributed by atoms with Crippen molar-refractivity contribution in [3.8, 4) is 11.5 Å². The predicted octanol–water partition coefficient (Wildman–Crippen LogP) is 3.87. The number of aryl methyl sites for hydroxylation is 3. The molecule has 0 saturated carbocycles. The van der Waals surface area contributed by atoms with Gasteiger partial charge in [0.05, 0.1) is 19.8 Å². The number of rotatable bonds is 11. The maximum atomic E-state index is 11.2. The van der Waals surface area contributed by atoms with Crippen LogP contribution in [-0.2, 0) is 24.2 Å². The van der Waals surface area contributed by atoms with Crippen molar-refractivity contribution in [1.29, 1.82) is 0 Å². The van der Waals surface area contributed by atoms with Crippen molar-refractivity contribution in [2.75, 3.05) is 39.5 Å². The van der Waals surface area contributed by atoms with E-state index in [1.54, 1.807) is 0 Å². The zero-order chi connectivity index (χ0) is 24.5. The first-order valence-electron chi connectivity index (χ1n) is 12.5. The molecule has 0 unspecified atom stereocenters. The number of benzene rings is 2. The Hall–Kier alpha value is -2.87. The van der Waals surface area contributed by atoms with Crippen molar-refractivity contribution in [1.82, 2.24) is 14.5 Å². The minimum atomic E-state index is -1.07. The number of nitrogens with zero attached hydrogens (tertiary/aromatic N) is 3. The second-order valence-electron chi connectivity index (χ2n) is 9.33. The largest absolute Gasteiger partial charge is 0.494 e. The van der Waals surface area contributed by atoms with Crippen LogP contribution in [0.2, 0.25) is 0 Å². The minimum absolute atomic E-state index is 0.187. The van der Waals surface area contributed by atoms with Gasteiger partial charge >= 0.3 is 0 Å². The highest BCUT2D eigenvalue weighted by atomic mass is 16.5. The Morgan fingerprint density at radius 1 is 1.11 bits per heavy atom. The van der Waals surface area contributed by atoms with Crippen LogP contribution in [-0.4, -0.2) is 64.7 Å². The number of hydrogen-bond donors (Lipinski definition) is 1. The molecule has 0 radical (unpaired) electrons. The van der Waals surface area contributed by atoms with Crippen LogP contribution in [0.15, 0.2) is 60.9 Å². The third-order valence-electron chi connectivity index (χ3n) is 6.17. The lowest BCUT2D eigenvalue weighted by atomic mass is 10.1. The summed E-state index contributed by atoms with van der Waals surface area (Å²) in [6.07, 6.45) is 5.74. The van der Waals surface area contributed by atoms with E-state index in [0.717, 1.165) is 54.4 Å². The van der Waals surface area contributed by atoms with Gasteiger partial charge in [0.25, 0.3) is 0 Å². The summed E-state index contributed by atoms with van der Waals surface area (Å²) in [6, 6.07) is 16.1. The van der Waals surface area contributed by atoms with Crippen molar-refractivity contribution < 1.29 is 19.3 Å². The zero-order valence-electron chi connectivity index (χ0n) is 20.9. The van der Waals surface area contributed by atoms with Crippen LogP contribution in [0.25, 0.3) is 0 Å². The standard InChI is InChI=1S/C28H37N3O4/c1-3-27-29-11-13-31(27)12-6-15-34-26-10-5-8-24(18-26)19-30-14-16-33-21-28(32,20-30)22-35-25-9-4-7-23(2)17-25/h4-5,7-11,13,17-18,32H,3,6,12,14-16,19-22H2,1-2H3/t28-/m1/s1. The van der Waals surface area contributed by atoms with Gasteiger partial charge < -0.3 is 23.9 Å². The first-order chi connectivity index (χ1) is 17.0. The van der Waals surface area contributed by atoms with E-state index in [0.29, 0.717) is 26.3 Å². The molecule has 1 N–H and O–H groups in total. The van der Waals surface area contributed by atoms with Crippen LogP contribution in [0.5, 0.6) is 11.5 Å². The second-order valence-corrected chi connectivity index (χ2v) is 9.33. The molecule has 3 aromatic rings. The van der Waals surface area contributed by atoms with Gasteiger partial charge in [-0.05, 0) is 48.7 Å². The molecule has 0 spiro atoms. The number of imidazole rings is 1. The Labute approximate surface area is 208 Å². The SMILES string of the molecule is CCc1nccn1CCCOc1cccc(CN2CCOC[C@@](O)(COc3cccc(C)c3)C2)c1. The monoisotopic (exact) mass is 479 g/mol. The van der Waals surface area contributed by atoms with Gasteiger partial charge in [0.1, 0.15) is 29.5 Å². The second kappa shape index (κ2) is 12.2. The normalized spacial score (nSPS) is 18.8. The quantitative estimate of drug-likeness (QED) is 0.421. The molecule has 1 saturated heterocycles. The van der Waals surface area contributed by atoms with Gasteiger partial charge in [-0.15, -0.1) is 0 Å². The van der Waals surface area contributed by atoms with Crippen LogP contribution >= 0.6 is 0 Å². The highest BCUT2D eigenvalue weighted by Crippen LogP contribution is 2.21. The van der Waals surface area contributed by atoms with E-state index in [9.17, 15) is 5.11 Å². The van der Waals surface area contributed by atoms with Gasteiger partial charge in [-0.3, -0.25) is 4.90 Å². The van der Waals surface area contributed by atoms with Crippen LogP contribution in [0.3, 0.4) is 0 Å². The maximum Gasteiger partial charge on any atom is 0.134 e. The zero-order valence-corrected chi connectivity index (χ0v) is 20.9. The lowest BCUT2D eigenvalue weighted by Gasteiger charge is -2.30. The third kappa shape index (κ3) is 7.56. The smallest absolute Gasteiger partial charge is 0.134 e. The molecule has 4 rings (SSSR count). The third-order valence-corrected chi connectivity index (χ3v) is 6.17. The number of β-amino-alcohol motifs (C(OH)–C–C–N with tert-alkyl or cyclic N) is 1. The van der Waals surface area contributed by atoms with E-state index in [2.05, 4.69) is 33.5 Å². The van der Waals surface area contributed by atoms with E-state index in [4.69, 9.17) is 14.2 Å². The molecule has 7 heteroatoms. The Morgan fingerprint density at radius 2 is 1.94 bits per heavy atom. The first-order valence-corrected chi connectivity index (χ1v) is 12.5. The van der Waals surface area contributed by atoms with Crippen LogP contribution in [0.1, 0.15) is 30.3 Å². The summed E-state index contributed by atoms with van der Waals surface area (Å²) in [6.45, 7) is 8.67. The molecule has 1 aromatic heterocycles. The van der Waals surface area contributed by atoms with Gasteiger partial charge in [0, 0.05) is 45.0 Å². The highest BCUT2D eigenvalue weighted by Gasteiger charge is 2.33. The molecule has 188 valence electrons. The molecular weight excluding hydrogens is 442 g/mol. The maximum absolute atomic E-state index is 11.2. The van der Waals surface area contributed by atoms with Gasteiger partial charge in [0.15, 0.2) is 0 Å². The topological polar surface area (TPSA) is 69.0 Å². The first kappa shape index (κ1) is 25.2. The summed E-state index contributed by atoms with van der Waals surface area (Å²) >= 11 is 0. The number of aromatic nitrogens is 2. The molecule has 2 aromatic carbocycles. The van der Waals surface area contributed by atoms with Gasteiger partial charge in [0.2, 0.25) is 0 Å². The fourth-order valence-electron chi connectivity index (χ4n) is 4.42.